The summed E-state index contributed by atoms with van der Waals surface area (Å²) in [6.07, 6.45) is 3.76. The third-order valence-electron chi connectivity index (χ3n) is 4.72. The molecule has 1 aliphatic heterocycles. The van der Waals surface area contributed by atoms with Gasteiger partial charge in [-0.15, -0.1) is 11.3 Å². The number of hydrogen-bond donors (Lipinski definition) is 1. The molecule has 1 fully saturated rings. The van der Waals surface area contributed by atoms with E-state index >= 15 is 0 Å². The third-order valence-corrected chi connectivity index (χ3v) is 6.36. The summed E-state index contributed by atoms with van der Waals surface area (Å²) in [7, 11) is 0. The maximum Gasteiger partial charge on any atom is 0.255 e. The number of benzene rings is 2. The highest BCUT2D eigenvalue weighted by Crippen LogP contribution is 2.30. The van der Waals surface area contributed by atoms with Gasteiger partial charge in [0.05, 0.1) is 15.7 Å². The standard InChI is InChI=1S/C21H19Cl2N3OS/c22-17-8-7-15(12-18(17)23)20(27)24-16-6-4-5-14(11-16)19-13-28-21(25-19)26-9-2-1-3-10-26/h4-8,11-13H,1-3,9-10H2,(H,24,27). The number of halogens is 2. The lowest BCUT2D eigenvalue weighted by molar-refractivity contribution is 0.102. The second kappa shape index (κ2) is 8.52. The number of piperidine rings is 1. The zero-order valence-corrected chi connectivity index (χ0v) is 17.4. The van der Waals surface area contributed by atoms with Crippen LogP contribution in [0.5, 0.6) is 0 Å². The van der Waals surface area contributed by atoms with Gasteiger partial charge in [0, 0.05) is 35.3 Å². The molecule has 2 aromatic carbocycles. The van der Waals surface area contributed by atoms with Crippen LogP contribution in [0.4, 0.5) is 10.8 Å². The van der Waals surface area contributed by atoms with Gasteiger partial charge in [-0.2, -0.15) is 0 Å². The first-order valence-corrected chi connectivity index (χ1v) is 10.8. The molecule has 1 amide bonds. The summed E-state index contributed by atoms with van der Waals surface area (Å²) in [4.78, 5) is 19.7. The molecule has 2 heterocycles. The molecule has 4 nitrogen and oxygen atoms in total. The van der Waals surface area contributed by atoms with Crippen molar-refractivity contribution >= 4 is 51.3 Å². The molecule has 7 heteroatoms. The van der Waals surface area contributed by atoms with Gasteiger partial charge < -0.3 is 10.2 Å². The van der Waals surface area contributed by atoms with Crippen LogP contribution in [0.3, 0.4) is 0 Å². The van der Waals surface area contributed by atoms with E-state index in [1.165, 1.54) is 19.3 Å². The van der Waals surface area contributed by atoms with Gasteiger partial charge in [-0.25, -0.2) is 4.98 Å². The fraction of sp³-hybridized carbons (Fsp3) is 0.238. The zero-order valence-electron chi connectivity index (χ0n) is 15.1. The number of aromatic nitrogens is 1. The highest BCUT2D eigenvalue weighted by atomic mass is 35.5. The van der Waals surface area contributed by atoms with Crippen molar-refractivity contribution in [2.24, 2.45) is 0 Å². The Bertz CT molecular complexity index is 999. The van der Waals surface area contributed by atoms with Gasteiger partial charge >= 0.3 is 0 Å². The van der Waals surface area contributed by atoms with Crippen LogP contribution in [0, 0.1) is 0 Å². The summed E-state index contributed by atoms with van der Waals surface area (Å²) in [6.45, 7) is 2.15. The number of amides is 1. The van der Waals surface area contributed by atoms with Gasteiger partial charge in [0.25, 0.3) is 5.91 Å². The van der Waals surface area contributed by atoms with E-state index in [1.807, 2.05) is 24.3 Å². The van der Waals surface area contributed by atoms with Crippen molar-refractivity contribution in [3.63, 3.8) is 0 Å². The number of hydrogen-bond acceptors (Lipinski definition) is 4. The van der Waals surface area contributed by atoms with E-state index in [-0.39, 0.29) is 5.91 Å². The fourth-order valence-corrected chi connectivity index (χ4v) is 4.41. The lowest BCUT2D eigenvalue weighted by Crippen LogP contribution is -2.29. The predicted molar refractivity (Wildman–Crippen MR) is 118 cm³/mol. The molecule has 1 N–H and O–H groups in total. The molecule has 1 aliphatic rings. The highest BCUT2D eigenvalue weighted by Gasteiger charge is 2.15. The van der Waals surface area contributed by atoms with E-state index in [9.17, 15) is 4.79 Å². The van der Waals surface area contributed by atoms with E-state index < -0.39 is 0 Å². The Hall–Kier alpha value is -2.08. The minimum Gasteiger partial charge on any atom is -0.348 e. The molecule has 144 valence electrons. The number of nitrogens with one attached hydrogen (secondary N) is 1. The summed E-state index contributed by atoms with van der Waals surface area (Å²) in [6, 6.07) is 12.5. The van der Waals surface area contributed by atoms with Crippen LogP contribution in [0.2, 0.25) is 10.0 Å². The maximum atomic E-state index is 12.5. The van der Waals surface area contributed by atoms with E-state index in [4.69, 9.17) is 28.2 Å². The number of nitrogens with zero attached hydrogens (tertiary/aromatic N) is 2. The lowest BCUT2D eigenvalue weighted by atomic mass is 10.1. The Kier molecular flexibility index (Phi) is 5.85. The van der Waals surface area contributed by atoms with Crippen LogP contribution in [0.15, 0.2) is 47.8 Å². The Morgan fingerprint density at radius 2 is 1.86 bits per heavy atom. The normalized spacial score (nSPS) is 14.1. The van der Waals surface area contributed by atoms with Crippen LogP contribution < -0.4 is 10.2 Å². The van der Waals surface area contributed by atoms with Gasteiger partial charge in [-0.1, -0.05) is 35.3 Å². The van der Waals surface area contributed by atoms with Crippen LogP contribution >= 0.6 is 34.5 Å². The van der Waals surface area contributed by atoms with Gasteiger partial charge in [-0.3, -0.25) is 4.79 Å². The van der Waals surface area contributed by atoms with Crippen molar-refractivity contribution in [3.05, 3.63) is 63.5 Å². The van der Waals surface area contributed by atoms with Crippen molar-refractivity contribution < 1.29 is 4.79 Å². The average molecular weight is 432 g/mol. The van der Waals surface area contributed by atoms with Crippen LogP contribution in [-0.4, -0.2) is 24.0 Å². The number of thiazole rings is 1. The van der Waals surface area contributed by atoms with E-state index in [0.29, 0.717) is 21.3 Å². The van der Waals surface area contributed by atoms with Crippen LogP contribution in [0.25, 0.3) is 11.3 Å². The monoisotopic (exact) mass is 431 g/mol. The quantitative estimate of drug-likeness (QED) is 0.522. The fourth-order valence-electron chi connectivity index (χ4n) is 3.22. The van der Waals surface area contributed by atoms with Crippen LogP contribution in [0.1, 0.15) is 29.6 Å². The first kappa shape index (κ1) is 19.2. The Morgan fingerprint density at radius 3 is 2.64 bits per heavy atom. The molecule has 3 aromatic rings. The summed E-state index contributed by atoms with van der Waals surface area (Å²) < 4.78 is 0. The largest absolute Gasteiger partial charge is 0.348 e. The van der Waals surface area contributed by atoms with Crippen molar-refractivity contribution in [1.29, 1.82) is 0 Å². The maximum absolute atomic E-state index is 12.5. The minimum absolute atomic E-state index is 0.233. The summed E-state index contributed by atoms with van der Waals surface area (Å²) in [5.74, 6) is -0.233. The molecule has 0 saturated carbocycles. The van der Waals surface area contributed by atoms with Gasteiger partial charge in [-0.05, 0) is 49.6 Å². The van der Waals surface area contributed by atoms with Gasteiger partial charge in [0.2, 0.25) is 0 Å². The van der Waals surface area contributed by atoms with Gasteiger partial charge in [0.1, 0.15) is 0 Å². The summed E-state index contributed by atoms with van der Waals surface area (Å²) in [5, 5.41) is 6.83. The molecule has 0 spiro atoms. The Labute approximate surface area is 178 Å². The Morgan fingerprint density at radius 1 is 1.04 bits per heavy atom. The molecule has 1 saturated heterocycles. The number of anilines is 2. The molecular formula is C21H19Cl2N3OS. The number of carbonyl (C=O) groups excluding carboxylic acids is 1. The highest BCUT2D eigenvalue weighted by molar-refractivity contribution is 7.14. The number of carbonyl (C=O) groups is 1. The van der Waals surface area contributed by atoms with E-state index in [2.05, 4.69) is 15.6 Å². The SMILES string of the molecule is O=C(Nc1cccc(-c2csc(N3CCCCC3)n2)c1)c1ccc(Cl)c(Cl)c1. The summed E-state index contributed by atoms with van der Waals surface area (Å²) >= 11 is 13.6. The van der Waals surface area contributed by atoms with Crippen molar-refractivity contribution in [3.8, 4) is 11.3 Å². The van der Waals surface area contributed by atoms with E-state index in [1.54, 1.807) is 29.5 Å². The molecule has 0 unspecified atom stereocenters. The topological polar surface area (TPSA) is 45.2 Å². The van der Waals surface area contributed by atoms with Gasteiger partial charge in [0.15, 0.2) is 5.13 Å². The summed E-state index contributed by atoms with van der Waals surface area (Å²) in [5.41, 5.74) is 3.07. The zero-order chi connectivity index (χ0) is 19.5. The smallest absolute Gasteiger partial charge is 0.255 e. The third kappa shape index (κ3) is 4.32. The molecule has 28 heavy (non-hydrogen) atoms. The first-order valence-electron chi connectivity index (χ1n) is 9.17. The molecule has 0 bridgehead atoms. The second-order valence-electron chi connectivity index (χ2n) is 6.73. The molecule has 1 aromatic heterocycles. The van der Waals surface area contributed by atoms with E-state index in [0.717, 1.165) is 29.5 Å². The molecule has 4 rings (SSSR count). The lowest BCUT2D eigenvalue weighted by Gasteiger charge is -2.25. The van der Waals surface area contributed by atoms with Crippen molar-refractivity contribution in [2.75, 3.05) is 23.3 Å². The predicted octanol–water partition coefficient (Wildman–Crippen LogP) is 6.36. The molecular weight excluding hydrogens is 413 g/mol. The molecule has 0 aliphatic carbocycles. The van der Waals surface area contributed by atoms with Crippen molar-refractivity contribution in [1.82, 2.24) is 4.98 Å². The van der Waals surface area contributed by atoms with Crippen LogP contribution in [-0.2, 0) is 0 Å². The first-order chi connectivity index (χ1) is 13.6. The van der Waals surface area contributed by atoms with Crippen molar-refractivity contribution in [2.45, 2.75) is 19.3 Å². The Balaban J connectivity index is 1.50. The molecule has 0 radical (unpaired) electrons. The second-order valence-corrected chi connectivity index (χ2v) is 8.38. The average Bonchev–Trinajstić information content (AvgIpc) is 3.21. The molecule has 0 atom stereocenters. The minimum atomic E-state index is -0.233. The number of rotatable bonds is 4.